The van der Waals surface area contributed by atoms with E-state index in [0.29, 0.717) is 6.42 Å². The molecular weight excluding hydrogens is 208 g/mol. The second-order valence-corrected chi connectivity index (χ2v) is 4.62. The molecule has 92 valence electrons. The minimum Gasteiger partial charge on any atom is -0.294 e. The molecule has 1 aromatic rings. The minimum atomic E-state index is 0.241. The number of carbonyl (C=O) groups is 1. The predicted molar refractivity (Wildman–Crippen MR) is 73.9 cm³/mol. The summed E-state index contributed by atoms with van der Waals surface area (Å²) in [5.41, 5.74) is 7.00. The van der Waals surface area contributed by atoms with E-state index in [0.717, 1.165) is 23.1 Å². The van der Waals surface area contributed by atoms with Gasteiger partial charge in [0, 0.05) is 12.0 Å². The van der Waals surface area contributed by atoms with Gasteiger partial charge in [-0.15, -0.1) is 6.58 Å². The molecule has 1 rings (SSSR count). The van der Waals surface area contributed by atoms with Crippen molar-refractivity contribution in [2.24, 2.45) is 0 Å². The fourth-order valence-corrected chi connectivity index (χ4v) is 2.34. The second kappa shape index (κ2) is 5.31. The molecule has 0 amide bonds. The maximum Gasteiger partial charge on any atom is 0.163 e. The molecule has 0 spiro atoms. The number of carbonyl (C=O) groups excluding carboxylic acids is 1. The Morgan fingerprint density at radius 3 is 2.06 bits per heavy atom. The highest BCUT2D eigenvalue weighted by Gasteiger charge is 2.18. The molecule has 1 aromatic carbocycles. The first-order chi connectivity index (χ1) is 7.95. The molecule has 1 heteroatoms. The fraction of sp³-hybridized carbons (Fsp3) is 0.438. The largest absolute Gasteiger partial charge is 0.294 e. The van der Waals surface area contributed by atoms with Crippen molar-refractivity contribution in [3.05, 3.63) is 46.0 Å². The van der Waals surface area contributed by atoms with E-state index >= 15 is 0 Å². The maximum absolute atomic E-state index is 12.1. The van der Waals surface area contributed by atoms with Crippen LogP contribution in [0.15, 0.2) is 12.7 Å². The highest BCUT2D eigenvalue weighted by molar-refractivity contribution is 5.99. The van der Waals surface area contributed by atoms with E-state index in [4.69, 9.17) is 0 Å². The molecule has 0 N–H and O–H groups in total. The summed E-state index contributed by atoms with van der Waals surface area (Å²) in [5, 5.41) is 0. The number of hydrogen-bond donors (Lipinski definition) is 0. The molecule has 0 heterocycles. The third-order valence-electron chi connectivity index (χ3n) is 3.77. The lowest BCUT2D eigenvalue weighted by atomic mass is 9.85. The maximum atomic E-state index is 12.1. The lowest BCUT2D eigenvalue weighted by Crippen LogP contribution is -2.10. The zero-order chi connectivity index (χ0) is 13.2. The average Bonchev–Trinajstić information content (AvgIpc) is 2.33. The standard InChI is InChI=1S/C16H22O/c1-7-9-14-12(5)10(3)11(4)13(6)16(14)15(17)8-2/h7H,1,8-9H2,2-6H3. The van der Waals surface area contributed by atoms with Crippen LogP contribution in [0.4, 0.5) is 0 Å². The van der Waals surface area contributed by atoms with Crippen LogP contribution in [0.1, 0.15) is 51.5 Å². The number of hydrogen-bond acceptors (Lipinski definition) is 1. The molecule has 1 nitrogen and oxygen atoms in total. The first kappa shape index (κ1) is 13.7. The Hall–Kier alpha value is -1.37. The summed E-state index contributed by atoms with van der Waals surface area (Å²) < 4.78 is 0. The molecule has 0 radical (unpaired) electrons. The van der Waals surface area contributed by atoms with E-state index in [1.807, 2.05) is 13.0 Å². The molecule has 0 saturated carbocycles. The van der Waals surface area contributed by atoms with Crippen molar-refractivity contribution in [3.63, 3.8) is 0 Å². The van der Waals surface area contributed by atoms with Gasteiger partial charge in [-0.3, -0.25) is 4.79 Å². The predicted octanol–water partition coefficient (Wildman–Crippen LogP) is 4.24. The van der Waals surface area contributed by atoms with Gasteiger partial charge in [-0.05, 0) is 61.9 Å². The lowest BCUT2D eigenvalue weighted by Gasteiger charge is -2.19. The molecule has 0 unspecified atom stereocenters. The van der Waals surface area contributed by atoms with E-state index in [-0.39, 0.29) is 5.78 Å². The summed E-state index contributed by atoms with van der Waals surface area (Å²) in [4.78, 5) is 12.1. The Kier molecular flexibility index (Phi) is 4.28. The third kappa shape index (κ3) is 2.33. The highest BCUT2D eigenvalue weighted by Crippen LogP contribution is 2.28. The van der Waals surface area contributed by atoms with Gasteiger partial charge in [-0.1, -0.05) is 13.0 Å². The van der Waals surface area contributed by atoms with E-state index in [1.54, 1.807) is 0 Å². The van der Waals surface area contributed by atoms with Gasteiger partial charge in [0.15, 0.2) is 5.78 Å². The molecule has 0 saturated heterocycles. The van der Waals surface area contributed by atoms with E-state index in [9.17, 15) is 4.79 Å². The molecule has 0 aliphatic heterocycles. The van der Waals surface area contributed by atoms with Crippen molar-refractivity contribution >= 4 is 5.78 Å². The van der Waals surface area contributed by atoms with Crippen LogP contribution in [0.2, 0.25) is 0 Å². The Balaban J connectivity index is 3.64. The van der Waals surface area contributed by atoms with Crippen LogP contribution < -0.4 is 0 Å². The van der Waals surface area contributed by atoms with Gasteiger partial charge in [-0.2, -0.15) is 0 Å². The highest BCUT2D eigenvalue weighted by atomic mass is 16.1. The Labute approximate surface area is 105 Å². The fourth-order valence-electron chi connectivity index (χ4n) is 2.34. The van der Waals surface area contributed by atoms with Crippen LogP contribution in [-0.2, 0) is 6.42 Å². The second-order valence-electron chi connectivity index (χ2n) is 4.62. The lowest BCUT2D eigenvalue weighted by molar-refractivity contribution is 0.0986. The Morgan fingerprint density at radius 1 is 1.06 bits per heavy atom. The van der Waals surface area contributed by atoms with Gasteiger partial charge >= 0.3 is 0 Å². The first-order valence-corrected chi connectivity index (χ1v) is 6.18. The Bertz CT molecular complexity index is 467. The monoisotopic (exact) mass is 230 g/mol. The van der Waals surface area contributed by atoms with Gasteiger partial charge in [0.25, 0.3) is 0 Å². The molecule has 0 bridgehead atoms. The van der Waals surface area contributed by atoms with Crippen molar-refractivity contribution in [2.75, 3.05) is 0 Å². The molecule has 0 aliphatic carbocycles. The zero-order valence-corrected chi connectivity index (χ0v) is 11.6. The van der Waals surface area contributed by atoms with E-state index < -0.39 is 0 Å². The van der Waals surface area contributed by atoms with Gasteiger partial charge in [0.05, 0.1) is 0 Å². The van der Waals surface area contributed by atoms with Crippen molar-refractivity contribution in [1.82, 2.24) is 0 Å². The molecule has 17 heavy (non-hydrogen) atoms. The van der Waals surface area contributed by atoms with Gasteiger partial charge in [-0.25, -0.2) is 0 Å². The molecule has 0 aliphatic rings. The molecule has 0 atom stereocenters. The topological polar surface area (TPSA) is 17.1 Å². The third-order valence-corrected chi connectivity index (χ3v) is 3.77. The van der Waals surface area contributed by atoms with Crippen LogP contribution >= 0.6 is 0 Å². The number of rotatable bonds is 4. The zero-order valence-electron chi connectivity index (χ0n) is 11.6. The summed E-state index contributed by atoms with van der Waals surface area (Å²) in [6.07, 6.45) is 3.21. The molecule has 0 aromatic heterocycles. The minimum absolute atomic E-state index is 0.241. The van der Waals surface area contributed by atoms with Crippen LogP contribution in [0.3, 0.4) is 0 Å². The van der Waals surface area contributed by atoms with Crippen molar-refractivity contribution in [1.29, 1.82) is 0 Å². The summed E-state index contributed by atoms with van der Waals surface area (Å²) in [7, 11) is 0. The van der Waals surface area contributed by atoms with Gasteiger partial charge < -0.3 is 0 Å². The number of allylic oxidation sites excluding steroid dienone is 1. The normalized spacial score (nSPS) is 10.4. The van der Waals surface area contributed by atoms with Crippen molar-refractivity contribution < 1.29 is 4.79 Å². The Morgan fingerprint density at radius 2 is 1.59 bits per heavy atom. The molecular formula is C16H22O. The summed E-state index contributed by atoms with van der Waals surface area (Å²) in [6, 6.07) is 0. The van der Waals surface area contributed by atoms with E-state index in [2.05, 4.69) is 34.3 Å². The van der Waals surface area contributed by atoms with Gasteiger partial charge in [0.1, 0.15) is 0 Å². The SMILES string of the molecule is C=CCc1c(C)c(C)c(C)c(C)c1C(=O)CC. The van der Waals surface area contributed by atoms with Crippen LogP contribution in [0, 0.1) is 27.7 Å². The van der Waals surface area contributed by atoms with E-state index in [1.165, 1.54) is 16.7 Å². The summed E-state index contributed by atoms with van der Waals surface area (Å²) in [5.74, 6) is 0.241. The van der Waals surface area contributed by atoms with Crippen molar-refractivity contribution in [3.8, 4) is 0 Å². The average molecular weight is 230 g/mol. The molecule has 0 fully saturated rings. The van der Waals surface area contributed by atoms with Crippen molar-refractivity contribution in [2.45, 2.75) is 47.5 Å². The van der Waals surface area contributed by atoms with Gasteiger partial charge in [0.2, 0.25) is 0 Å². The summed E-state index contributed by atoms with van der Waals surface area (Å²) in [6.45, 7) is 14.1. The van der Waals surface area contributed by atoms with Crippen LogP contribution in [0.25, 0.3) is 0 Å². The van der Waals surface area contributed by atoms with Crippen LogP contribution in [-0.4, -0.2) is 5.78 Å². The number of Topliss-reactive ketones (excluding diaryl/α,β-unsaturated/α-hetero) is 1. The quantitative estimate of drug-likeness (QED) is 0.558. The smallest absolute Gasteiger partial charge is 0.163 e. The number of ketones is 1. The van der Waals surface area contributed by atoms with Crippen LogP contribution in [0.5, 0.6) is 0 Å². The first-order valence-electron chi connectivity index (χ1n) is 6.18. The number of benzene rings is 1. The summed E-state index contributed by atoms with van der Waals surface area (Å²) >= 11 is 0.